The van der Waals surface area contributed by atoms with Crippen molar-refractivity contribution in [3.8, 4) is 0 Å². The number of nitrogens with one attached hydrogen (secondary N) is 4. The second-order valence-electron chi connectivity index (χ2n) is 12.1. The summed E-state index contributed by atoms with van der Waals surface area (Å²) in [6.07, 6.45) is 13.2. The Kier molecular flexibility index (Phi) is 13.8. The third-order valence-electron chi connectivity index (χ3n) is 7.91. The Hall–Kier alpha value is -4.67. The highest BCUT2D eigenvalue weighted by Gasteiger charge is 2.18. The van der Waals surface area contributed by atoms with Gasteiger partial charge in [-0.25, -0.2) is 0 Å². The summed E-state index contributed by atoms with van der Waals surface area (Å²) in [4.78, 5) is 53.3. The fourth-order valence-electron chi connectivity index (χ4n) is 5.36. The van der Waals surface area contributed by atoms with Gasteiger partial charge in [0.2, 0.25) is 11.8 Å². The number of aromatic nitrogens is 1. The van der Waals surface area contributed by atoms with Crippen LogP contribution < -0.4 is 16.0 Å². The van der Waals surface area contributed by atoms with E-state index in [4.69, 9.17) is 4.74 Å². The molecule has 2 aromatic carbocycles. The first-order chi connectivity index (χ1) is 23.6. The smallest absolute Gasteiger partial charge is 0.246 e. The molecule has 3 aromatic rings. The van der Waals surface area contributed by atoms with Crippen molar-refractivity contribution in [2.24, 2.45) is 5.92 Å². The van der Waals surface area contributed by atoms with Crippen molar-refractivity contribution in [2.45, 2.75) is 58.1 Å². The third-order valence-corrected chi connectivity index (χ3v) is 8.97. The molecule has 0 aliphatic carbocycles. The second-order valence-corrected chi connectivity index (χ2v) is 13.1. The number of aromatic amines is 1. The minimum absolute atomic E-state index is 0.0854. The minimum Gasteiger partial charge on any atom is -0.362 e. The lowest BCUT2D eigenvalue weighted by Crippen LogP contribution is -2.35. The van der Waals surface area contributed by atoms with Crippen LogP contribution in [0.4, 0.5) is 0 Å². The van der Waals surface area contributed by atoms with E-state index in [9.17, 15) is 19.2 Å². The van der Waals surface area contributed by atoms with E-state index in [1.165, 1.54) is 18.7 Å². The fraction of sp³-hybridized carbons (Fsp3) is 0.333. The highest BCUT2D eigenvalue weighted by atomic mass is 32.2. The number of allylic oxidation sites excluding steroid dienone is 3. The molecule has 258 valence electrons. The summed E-state index contributed by atoms with van der Waals surface area (Å²) in [5.41, 5.74) is 6.00. The maximum Gasteiger partial charge on any atom is 0.246 e. The minimum atomic E-state index is -0.418. The number of carbonyl (C=O) groups is 4. The number of ketones is 2. The molecular weight excluding hydrogens is 637 g/mol. The monoisotopic (exact) mass is 682 g/mol. The number of unbranched alkanes of at least 4 members (excludes halogenated alkanes) is 1. The zero-order chi connectivity index (χ0) is 35.3. The molecule has 1 aliphatic rings. The van der Waals surface area contributed by atoms with Crippen LogP contribution in [-0.2, 0) is 14.3 Å². The molecule has 1 aromatic heterocycles. The van der Waals surface area contributed by atoms with Crippen LogP contribution in [0.1, 0.15) is 84.5 Å². The first-order valence-electron chi connectivity index (χ1n) is 16.7. The molecule has 49 heavy (non-hydrogen) atoms. The Morgan fingerprint density at radius 1 is 1.06 bits per heavy atom. The van der Waals surface area contributed by atoms with E-state index in [-0.39, 0.29) is 35.7 Å². The summed E-state index contributed by atoms with van der Waals surface area (Å²) in [5.74, 6) is -0.0860. The van der Waals surface area contributed by atoms with Gasteiger partial charge in [0, 0.05) is 63.9 Å². The maximum absolute atomic E-state index is 12.4. The Labute approximate surface area is 292 Å². The topological polar surface area (TPSA) is 129 Å². The van der Waals surface area contributed by atoms with Crippen molar-refractivity contribution in [3.05, 3.63) is 95.4 Å². The van der Waals surface area contributed by atoms with Crippen LogP contribution in [0.25, 0.3) is 28.6 Å². The van der Waals surface area contributed by atoms with Gasteiger partial charge >= 0.3 is 0 Å². The van der Waals surface area contributed by atoms with E-state index in [1.807, 2.05) is 24.4 Å². The van der Waals surface area contributed by atoms with Gasteiger partial charge in [-0.05, 0) is 61.1 Å². The predicted octanol–water partition coefficient (Wildman–Crippen LogP) is 6.92. The molecular formula is C39H46N4O5S. The van der Waals surface area contributed by atoms with E-state index in [0.29, 0.717) is 54.3 Å². The summed E-state index contributed by atoms with van der Waals surface area (Å²) < 4.78 is 5.72. The fourth-order valence-corrected chi connectivity index (χ4v) is 6.32. The largest absolute Gasteiger partial charge is 0.362 e. The number of ether oxygens (including phenoxy) is 1. The lowest BCUT2D eigenvalue weighted by atomic mass is 9.99. The number of thioether (sulfide) groups is 1. The Morgan fingerprint density at radius 3 is 2.47 bits per heavy atom. The van der Waals surface area contributed by atoms with Gasteiger partial charge < -0.3 is 25.7 Å². The molecule has 0 bridgehead atoms. The van der Waals surface area contributed by atoms with Gasteiger partial charge in [-0.1, -0.05) is 69.8 Å². The van der Waals surface area contributed by atoms with E-state index in [1.54, 1.807) is 25.1 Å². The third kappa shape index (κ3) is 10.4. The SMILES string of the molecule is C=Cc1c(/C=C\C(C)C)[nH]c2cc(C3=CNC(OCC(=O)NCCCCNC(=O)CSc4cccc(C(=O)CC)c4C(C)=O)C=C3)ccc12. The van der Waals surface area contributed by atoms with Crippen LogP contribution in [0.2, 0.25) is 0 Å². The second kappa shape index (κ2) is 18.2. The molecule has 1 unspecified atom stereocenters. The first kappa shape index (κ1) is 37.2. The number of hydrogen-bond acceptors (Lipinski definition) is 7. The van der Waals surface area contributed by atoms with Crippen LogP contribution in [-0.4, -0.2) is 60.0 Å². The number of hydrogen-bond donors (Lipinski definition) is 4. The highest BCUT2D eigenvalue weighted by molar-refractivity contribution is 8.00. The summed E-state index contributed by atoms with van der Waals surface area (Å²) >= 11 is 1.24. The number of amides is 2. The van der Waals surface area contributed by atoms with Crippen LogP contribution in [0.15, 0.2) is 72.3 Å². The van der Waals surface area contributed by atoms with Crippen molar-refractivity contribution in [1.29, 1.82) is 0 Å². The molecule has 0 radical (unpaired) electrons. The lowest BCUT2D eigenvalue weighted by molar-refractivity contribution is -0.127. The van der Waals surface area contributed by atoms with Crippen LogP contribution in [0, 0.1) is 5.92 Å². The van der Waals surface area contributed by atoms with Gasteiger partial charge in [-0.15, -0.1) is 11.8 Å². The Balaban J connectivity index is 1.13. The van der Waals surface area contributed by atoms with E-state index < -0.39 is 6.23 Å². The van der Waals surface area contributed by atoms with Crippen molar-refractivity contribution < 1.29 is 23.9 Å². The normalized spacial score (nSPS) is 14.1. The maximum atomic E-state index is 12.4. The summed E-state index contributed by atoms with van der Waals surface area (Å²) in [6.45, 7) is 12.3. The van der Waals surface area contributed by atoms with Crippen LogP contribution in [0.3, 0.4) is 0 Å². The summed E-state index contributed by atoms with van der Waals surface area (Å²) in [6, 6.07) is 11.4. The van der Waals surface area contributed by atoms with Gasteiger partial charge in [0.25, 0.3) is 0 Å². The van der Waals surface area contributed by atoms with Crippen molar-refractivity contribution in [2.75, 3.05) is 25.4 Å². The quantitative estimate of drug-likeness (QED) is 0.0651. The van der Waals surface area contributed by atoms with Gasteiger partial charge in [-0.3, -0.25) is 19.2 Å². The molecule has 4 N–H and O–H groups in total. The molecule has 9 nitrogen and oxygen atoms in total. The Bertz CT molecular complexity index is 1780. The molecule has 4 rings (SSSR count). The number of benzene rings is 2. The summed E-state index contributed by atoms with van der Waals surface area (Å²) in [5, 5.41) is 10.0. The predicted molar refractivity (Wildman–Crippen MR) is 199 cm³/mol. The van der Waals surface area contributed by atoms with Crippen molar-refractivity contribution in [3.63, 3.8) is 0 Å². The average molecular weight is 683 g/mol. The van der Waals surface area contributed by atoms with E-state index in [2.05, 4.69) is 71.7 Å². The van der Waals surface area contributed by atoms with Gasteiger partial charge in [0.05, 0.1) is 5.75 Å². The molecule has 2 amide bonds. The molecule has 0 fully saturated rings. The van der Waals surface area contributed by atoms with Gasteiger partial charge in [0.15, 0.2) is 11.6 Å². The van der Waals surface area contributed by atoms with Crippen LogP contribution in [0.5, 0.6) is 0 Å². The van der Waals surface area contributed by atoms with Crippen molar-refractivity contribution in [1.82, 2.24) is 20.9 Å². The Morgan fingerprint density at radius 2 is 1.82 bits per heavy atom. The standard InChI is InChI=1S/C39H46N4O5S/c1-6-29-30-16-14-27(21-33(30)43-32(29)17-13-25(3)4)28-15-18-38(42-22-28)48-23-36(46)40-19-8-9-20-41-37(47)24-49-35-12-10-11-31(34(45)7-2)39(35)26(5)44/h6,10-18,21-22,25,38,42-43H,1,7-9,19-20,23-24H2,2-5H3,(H,40,46)(H,41,47)/b17-13-. The molecule has 2 heterocycles. The van der Waals surface area contributed by atoms with E-state index in [0.717, 1.165) is 33.3 Å². The number of dihydropyridines is 1. The lowest BCUT2D eigenvalue weighted by Gasteiger charge is -2.19. The molecule has 10 heteroatoms. The molecule has 0 saturated heterocycles. The highest BCUT2D eigenvalue weighted by Crippen LogP contribution is 2.29. The number of rotatable bonds is 18. The summed E-state index contributed by atoms with van der Waals surface area (Å²) in [7, 11) is 0. The number of H-pyrrole nitrogens is 1. The number of carbonyl (C=O) groups excluding carboxylic acids is 4. The number of fused-ring (bicyclic) bond motifs is 1. The molecule has 0 saturated carbocycles. The molecule has 1 aliphatic heterocycles. The van der Waals surface area contributed by atoms with Crippen molar-refractivity contribution >= 4 is 63.8 Å². The zero-order valence-corrected chi connectivity index (χ0v) is 29.5. The first-order valence-corrected chi connectivity index (χ1v) is 17.7. The van der Waals surface area contributed by atoms with Gasteiger partial charge in [0.1, 0.15) is 12.8 Å². The van der Waals surface area contributed by atoms with Crippen LogP contribution >= 0.6 is 11.8 Å². The molecule has 1 atom stereocenters. The van der Waals surface area contributed by atoms with E-state index >= 15 is 0 Å². The van der Waals surface area contributed by atoms with Gasteiger partial charge in [-0.2, -0.15) is 0 Å². The zero-order valence-electron chi connectivity index (χ0n) is 28.7. The number of Topliss-reactive ketones (excluding diaryl/α,β-unsaturated/α-hetero) is 2. The molecule has 0 spiro atoms. The average Bonchev–Trinajstić information content (AvgIpc) is 3.46.